The lowest BCUT2D eigenvalue weighted by Crippen LogP contribution is -2.00. The molecule has 0 amide bonds. The molecule has 0 bridgehead atoms. The van der Waals surface area contributed by atoms with E-state index in [1.807, 2.05) is 6.92 Å². The first-order chi connectivity index (χ1) is 12.9. The van der Waals surface area contributed by atoms with Gasteiger partial charge in [0.25, 0.3) is 0 Å². The summed E-state index contributed by atoms with van der Waals surface area (Å²) in [5.41, 5.74) is 6.90. The Morgan fingerprint density at radius 2 is 1.67 bits per heavy atom. The van der Waals surface area contributed by atoms with Crippen molar-refractivity contribution in [2.75, 3.05) is 0 Å². The second-order valence-corrected chi connectivity index (χ2v) is 7.84. The van der Waals surface area contributed by atoms with E-state index >= 15 is 0 Å². The standard InChI is InChI=1S/C23H30N2O2/c1-7-20-22(15(4)5)19(25-26-20)12-11-17-9-8-10-18(13-17)23-21(14(2)3)16(6)24-27-23/h8-10,13-15H,7,11-12H2,1-6H3. The Kier molecular flexibility index (Phi) is 5.83. The van der Waals surface area contributed by atoms with E-state index in [4.69, 9.17) is 9.05 Å². The predicted molar refractivity (Wildman–Crippen MR) is 108 cm³/mol. The van der Waals surface area contributed by atoms with Gasteiger partial charge in [0.15, 0.2) is 5.76 Å². The quantitative estimate of drug-likeness (QED) is 0.497. The molecular weight excluding hydrogens is 336 g/mol. The average Bonchev–Trinajstić information content (AvgIpc) is 3.23. The second kappa shape index (κ2) is 8.12. The lowest BCUT2D eigenvalue weighted by Gasteiger charge is -2.09. The largest absolute Gasteiger partial charge is 0.361 e. The Morgan fingerprint density at radius 1 is 0.926 bits per heavy atom. The summed E-state index contributed by atoms with van der Waals surface area (Å²) >= 11 is 0. The van der Waals surface area contributed by atoms with E-state index in [0.29, 0.717) is 11.8 Å². The number of benzene rings is 1. The molecule has 0 unspecified atom stereocenters. The van der Waals surface area contributed by atoms with Crippen LogP contribution in [0.4, 0.5) is 0 Å². The summed E-state index contributed by atoms with van der Waals surface area (Å²) in [5, 5.41) is 8.52. The Hall–Kier alpha value is -2.36. The number of hydrogen-bond donors (Lipinski definition) is 0. The first kappa shape index (κ1) is 19.4. The van der Waals surface area contributed by atoms with Crippen molar-refractivity contribution in [1.82, 2.24) is 10.3 Å². The molecular formula is C23H30N2O2. The van der Waals surface area contributed by atoms with Gasteiger partial charge in [-0.3, -0.25) is 0 Å². The van der Waals surface area contributed by atoms with Crippen LogP contribution in [0.5, 0.6) is 0 Å². The highest BCUT2D eigenvalue weighted by Crippen LogP contribution is 2.32. The monoisotopic (exact) mass is 366 g/mol. The van der Waals surface area contributed by atoms with Crippen LogP contribution in [-0.4, -0.2) is 10.3 Å². The molecule has 0 saturated carbocycles. The molecule has 0 aliphatic rings. The van der Waals surface area contributed by atoms with Crippen LogP contribution < -0.4 is 0 Å². The lowest BCUT2D eigenvalue weighted by molar-refractivity contribution is 0.379. The Morgan fingerprint density at radius 3 is 2.33 bits per heavy atom. The summed E-state index contributed by atoms with van der Waals surface area (Å²) in [5.74, 6) is 2.72. The molecule has 0 N–H and O–H groups in total. The van der Waals surface area contributed by atoms with E-state index in [0.717, 1.165) is 47.7 Å². The molecule has 0 spiro atoms. The third-order valence-electron chi connectivity index (χ3n) is 5.10. The van der Waals surface area contributed by atoms with Crippen molar-refractivity contribution in [3.8, 4) is 11.3 Å². The van der Waals surface area contributed by atoms with Gasteiger partial charge in [0, 0.05) is 23.1 Å². The fourth-order valence-electron chi connectivity index (χ4n) is 3.86. The minimum atomic E-state index is 0.381. The van der Waals surface area contributed by atoms with Crippen LogP contribution in [0.15, 0.2) is 33.3 Å². The lowest BCUT2D eigenvalue weighted by atomic mass is 9.94. The summed E-state index contributed by atoms with van der Waals surface area (Å²) in [7, 11) is 0. The maximum atomic E-state index is 5.65. The molecule has 3 aromatic rings. The number of rotatable bonds is 7. The van der Waals surface area contributed by atoms with Gasteiger partial charge in [-0.05, 0) is 43.2 Å². The minimum Gasteiger partial charge on any atom is -0.361 e. The smallest absolute Gasteiger partial charge is 0.170 e. The number of nitrogens with zero attached hydrogens (tertiary/aromatic N) is 2. The summed E-state index contributed by atoms with van der Waals surface area (Å²) in [4.78, 5) is 0. The topological polar surface area (TPSA) is 52.1 Å². The average molecular weight is 367 g/mol. The second-order valence-electron chi connectivity index (χ2n) is 7.84. The maximum absolute atomic E-state index is 5.65. The van der Waals surface area contributed by atoms with E-state index in [9.17, 15) is 0 Å². The number of aryl methyl sites for hydroxylation is 4. The van der Waals surface area contributed by atoms with Gasteiger partial charge >= 0.3 is 0 Å². The highest BCUT2D eigenvalue weighted by Gasteiger charge is 2.19. The minimum absolute atomic E-state index is 0.381. The van der Waals surface area contributed by atoms with E-state index in [-0.39, 0.29) is 0 Å². The normalized spacial score (nSPS) is 11.7. The van der Waals surface area contributed by atoms with Crippen molar-refractivity contribution in [3.05, 3.63) is 58.1 Å². The molecule has 0 radical (unpaired) electrons. The van der Waals surface area contributed by atoms with Gasteiger partial charge in [-0.2, -0.15) is 0 Å². The van der Waals surface area contributed by atoms with Gasteiger partial charge in [-0.1, -0.05) is 63.1 Å². The summed E-state index contributed by atoms with van der Waals surface area (Å²) in [6.07, 6.45) is 2.69. The van der Waals surface area contributed by atoms with Gasteiger partial charge in [-0.15, -0.1) is 0 Å². The molecule has 0 atom stereocenters. The molecule has 0 aliphatic carbocycles. The van der Waals surface area contributed by atoms with Crippen LogP contribution in [0.2, 0.25) is 0 Å². The molecule has 3 rings (SSSR count). The highest BCUT2D eigenvalue weighted by molar-refractivity contribution is 5.63. The summed E-state index contributed by atoms with van der Waals surface area (Å²) in [6.45, 7) is 12.9. The molecule has 0 aliphatic heterocycles. The third-order valence-corrected chi connectivity index (χ3v) is 5.10. The number of hydrogen-bond acceptors (Lipinski definition) is 4. The molecule has 2 heterocycles. The maximum Gasteiger partial charge on any atom is 0.170 e. The number of aromatic nitrogens is 2. The van der Waals surface area contributed by atoms with Crippen LogP contribution >= 0.6 is 0 Å². The molecule has 2 aromatic heterocycles. The zero-order chi connectivity index (χ0) is 19.6. The van der Waals surface area contributed by atoms with Gasteiger partial charge in [-0.25, -0.2) is 0 Å². The third kappa shape index (κ3) is 4.00. The zero-order valence-corrected chi connectivity index (χ0v) is 17.3. The van der Waals surface area contributed by atoms with Crippen molar-refractivity contribution in [2.45, 2.75) is 72.6 Å². The van der Waals surface area contributed by atoms with Crippen LogP contribution in [0.1, 0.15) is 80.3 Å². The molecule has 0 saturated heterocycles. The van der Waals surface area contributed by atoms with Crippen LogP contribution in [0.25, 0.3) is 11.3 Å². The van der Waals surface area contributed by atoms with Crippen molar-refractivity contribution in [1.29, 1.82) is 0 Å². The van der Waals surface area contributed by atoms with Crippen LogP contribution in [0.3, 0.4) is 0 Å². The van der Waals surface area contributed by atoms with Crippen molar-refractivity contribution < 1.29 is 9.05 Å². The van der Waals surface area contributed by atoms with E-state index in [1.54, 1.807) is 0 Å². The van der Waals surface area contributed by atoms with E-state index < -0.39 is 0 Å². The van der Waals surface area contributed by atoms with E-state index in [1.165, 1.54) is 16.7 Å². The summed E-state index contributed by atoms with van der Waals surface area (Å²) < 4.78 is 11.2. The fourth-order valence-corrected chi connectivity index (χ4v) is 3.86. The van der Waals surface area contributed by atoms with Crippen molar-refractivity contribution in [2.24, 2.45) is 0 Å². The summed E-state index contributed by atoms with van der Waals surface area (Å²) in [6, 6.07) is 8.57. The highest BCUT2D eigenvalue weighted by atomic mass is 16.5. The van der Waals surface area contributed by atoms with Crippen LogP contribution in [-0.2, 0) is 19.3 Å². The Balaban J connectivity index is 1.83. The van der Waals surface area contributed by atoms with Crippen molar-refractivity contribution in [3.63, 3.8) is 0 Å². The fraction of sp³-hybridized carbons (Fsp3) is 0.478. The van der Waals surface area contributed by atoms with Crippen LogP contribution in [0, 0.1) is 6.92 Å². The molecule has 4 heteroatoms. The molecule has 0 fully saturated rings. The van der Waals surface area contributed by atoms with Gasteiger partial charge < -0.3 is 9.05 Å². The molecule has 4 nitrogen and oxygen atoms in total. The van der Waals surface area contributed by atoms with Gasteiger partial charge in [0.1, 0.15) is 5.76 Å². The first-order valence-corrected chi connectivity index (χ1v) is 9.95. The molecule has 1 aromatic carbocycles. The van der Waals surface area contributed by atoms with Gasteiger partial charge in [0.2, 0.25) is 0 Å². The Bertz CT molecular complexity index is 903. The Labute approximate surface area is 161 Å². The predicted octanol–water partition coefficient (Wildman–Crippen LogP) is 6.23. The van der Waals surface area contributed by atoms with E-state index in [2.05, 4.69) is 69.2 Å². The zero-order valence-electron chi connectivity index (χ0n) is 17.3. The molecule has 27 heavy (non-hydrogen) atoms. The van der Waals surface area contributed by atoms with Gasteiger partial charge in [0.05, 0.1) is 11.4 Å². The van der Waals surface area contributed by atoms with Crippen molar-refractivity contribution >= 4 is 0 Å². The molecule has 144 valence electrons. The SMILES string of the molecule is CCc1onc(CCc2cccc(-c3onc(C)c3C(C)C)c2)c1C(C)C. The first-order valence-electron chi connectivity index (χ1n) is 9.95.